The summed E-state index contributed by atoms with van der Waals surface area (Å²) in [5.41, 5.74) is 0.956. The second-order valence-corrected chi connectivity index (χ2v) is 9.02. The number of hydrogen-bond acceptors (Lipinski definition) is 0. The lowest BCUT2D eigenvalue weighted by Crippen LogP contribution is -3.00. The number of benzene rings is 1. The summed E-state index contributed by atoms with van der Waals surface area (Å²) < 4.78 is 0.923. The molecule has 0 N–H and O–H groups in total. The van der Waals surface area contributed by atoms with Crippen LogP contribution in [-0.2, 0) is 6.54 Å². The first kappa shape index (κ1) is 26.6. The second-order valence-electron chi connectivity index (χ2n) is 6.59. The molecule has 1 nitrogen and oxygen atoms in total. The van der Waals surface area contributed by atoms with E-state index in [1.54, 1.807) is 12.1 Å². The van der Waals surface area contributed by atoms with Gasteiger partial charge in [-0.2, -0.15) is 0 Å². The van der Waals surface area contributed by atoms with Gasteiger partial charge in [-0.3, -0.25) is 4.48 Å². The van der Waals surface area contributed by atoms with Crippen LogP contribution in [0.3, 0.4) is 0 Å². The van der Waals surface area contributed by atoms with Crippen LogP contribution in [0.5, 0.6) is 0 Å². The molecular formula is C20H28Cl4IN. The molecule has 6 heteroatoms. The third-order valence-corrected chi connectivity index (χ3v) is 7.05. The van der Waals surface area contributed by atoms with Crippen LogP contribution >= 0.6 is 57.4 Å². The summed E-state index contributed by atoms with van der Waals surface area (Å²) in [6.07, 6.45) is 13.0. The zero-order chi connectivity index (χ0) is 18.9. The van der Waals surface area contributed by atoms with Crippen LogP contribution in [0, 0.1) is 12.3 Å². The van der Waals surface area contributed by atoms with E-state index in [0.717, 1.165) is 42.5 Å². The van der Waals surface area contributed by atoms with Crippen molar-refractivity contribution in [2.24, 2.45) is 0 Å². The Labute approximate surface area is 194 Å². The molecule has 1 aromatic rings. The van der Waals surface area contributed by atoms with E-state index in [4.69, 9.17) is 41.2 Å². The molecule has 0 aromatic heterocycles. The molecule has 0 spiro atoms. The van der Waals surface area contributed by atoms with Gasteiger partial charge in [0.2, 0.25) is 4.05 Å². The maximum absolute atomic E-state index is 6.48. The Morgan fingerprint density at radius 1 is 1.00 bits per heavy atom. The van der Waals surface area contributed by atoms with Crippen LogP contribution in [0.4, 0.5) is 0 Å². The molecule has 0 saturated carbocycles. The fourth-order valence-corrected chi connectivity index (χ4v) is 4.82. The first-order valence-corrected chi connectivity index (χ1v) is 11.4. The normalized spacial score (nSPS) is 12.3. The maximum Gasteiger partial charge on any atom is 0.200 e. The van der Waals surface area contributed by atoms with Gasteiger partial charge in [0.15, 0.2) is 0 Å². The number of nitrogens with zero attached hydrogens (tertiary/aromatic N) is 1. The molecule has 1 aromatic carbocycles. The molecule has 1 rings (SSSR count). The van der Waals surface area contributed by atoms with Crippen molar-refractivity contribution in [3.8, 4) is 12.3 Å². The zero-order valence-corrected chi connectivity index (χ0v) is 20.7. The predicted octanol–water partition coefficient (Wildman–Crippen LogP) is 4.74. The maximum atomic E-state index is 6.48. The SMILES string of the molecule is C#CC(I)[N+](CCCCC)(CCCCC)Cc1c(Cl)cc(Cl)cc1Cl.[Cl-]. The van der Waals surface area contributed by atoms with Gasteiger partial charge in [-0.15, -0.1) is 6.42 Å². The Balaban J connectivity index is 0.00000625. The van der Waals surface area contributed by atoms with Crippen molar-refractivity contribution in [1.29, 1.82) is 0 Å². The number of quaternary nitrogens is 1. The average Bonchev–Trinajstić information content (AvgIpc) is 2.57. The topological polar surface area (TPSA) is 0 Å². The van der Waals surface area contributed by atoms with E-state index in [2.05, 4.69) is 42.4 Å². The number of alkyl halides is 1. The zero-order valence-electron chi connectivity index (χ0n) is 15.5. The van der Waals surface area contributed by atoms with E-state index in [9.17, 15) is 0 Å². The Morgan fingerprint density at radius 3 is 1.85 bits per heavy atom. The molecule has 0 saturated heterocycles. The standard InChI is InChI=1S/C20H28Cl3IN.ClH/c1-4-7-9-11-25(20(24)6-3,12-10-8-5-2)15-17-18(22)13-16(21)14-19(17)23;/h3,13-14,20H,4-5,7-12,15H2,1-2H3;1H/q+1;/p-1. The van der Waals surface area contributed by atoms with Crippen molar-refractivity contribution < 1.29 is 16.9 Å². The minimum Gasteiger partial charge on any atom is -1.00 e. The molecule has 0 aliphatic heterocycles. The van der Waals surface area contributed by atoms with E-state index >= 15 is 0 Å². The highest BCUT2D eigenvalue weighted by Crippen LogP contribution is 2.35. The molecule has 0 heterocycles. The van der Waals surface area contributed by atoms with Crippen molar-refractivity contribution in [3.05, 3.63) is 32.8 Å². The van der Waals surface area contributed by atoms with Crippen LogP contribution in [0.15, 0.2) is 12.1 Å². The van der Waals surface area contributed by atoms with Crippen LogP contribution in [0.2, 0.25) is 15.1 Å². The Kier molecular flexibility index (Phi) is 14.1. The monoisotopic (exact) mass is 549 g/mol. The highest BCUT2D eigenvalue weighted by Gasteiger charge is 2.35. The molecular weight excluding hydrogens is 523 g/mol. The van der Waals surface area contributed by atoms with Crippen LogP contribution in [0.25, 0.3) is 0 Å². The fourth-order valence-electron chi connectivity index (χ4n) is 3.13. The number of unbranched alkanes of at least 4 members (excludes halogenated alkanes) is 4. The van der Waals surface area contributed by atoms with Gasteiger partial charge in [0, 0.05) is 33.2 Å². The minimum absolute atomic E-state index is 0. The summed E-state index contributed by atoms with van der Waals surface area (Å²) in [5.74, 6) is 2.98. The molecule has 148 valence electrons. The van der Waals surface area contributed by atoms with Gasteiger partial charge < -0.3 is 12.4 Å². The lowest BCUT2D eigenvalue weighted by atomic mass is 10.1. The van der Waals surface area contributed by atoms with Crippen molar-refractivity contribution >= 4 is 57.4 Å². The third-order valence-electron chi connectivity index (χ3n) is 4.61. The van der Waals surface area contributed by atoms with Crippen molar-refractivity contribution in [1.82, 2.24) is 0 Å². The summed E-state index contributed by atoms with van der Waals surface area (Å²) in [6, 6.07) is 3.55. The molecule has 0 bridgehead atoms. The van der Waals surface area contributed by atoms with E-state index in [1.165, 1.54) is 25.7 Å². The molecule has 26 heavy (non-hydrogen) atoms. The van der Waals surface area contributed by atoms with Gasteiger partial charge in [-0.1, -0.05) is 61.5 Å². The van der Waals surface area contributed by atoms with Crippen molar-refractivity contribution in [2.75, 3.05) is 13.1 Å². The first-order chi connectivity index (χ1) is 11.9. The number of halogens is 5. The quantitative estimate of drug-likeness (QED) is 0.0932. The lowest BCUT2D eigenvalue weighted by Gasteiger charge is -2.41. The van der Waals surface area contributed by atoms with Gasteiger partial charge in [-0.25, -0.2) is 0 Å². The number of terminal acetylenes is 1. The lowest BCUT2D eigenvalue weighted by molar-refractivity contribution is -0.940. The molecule has 1 unspecified atom stereocenters. The predicted molar refractivity (Wildman–Crippen MR) is 121 cm³/mol. The molecule has 0 aliphatic rings. The van der Waals surface area contributed by atoms with Crippen LogP contribution in [-0.4, -0.2) is 21.6 Å². The van der Waals surface area contributed by atoms with E-state index in [1.807, 2.05) is 0 Å². The smallest absolute Gasteiger partial charge is 0.200 e. The molecule has 1 atom stereocenters. The average molecular weight is 551 g/mol. The van der Waals surface area contributed by atoms with Crippen LogP contribution in [0.1, 0.15) is 57.9 Å². The van der Waals surface area contributed by atoms with Crippen molar-refractivity contribution in [3.63, 3.8) is 0 Å². The fraction of sp³-hybridized carbons (Fsp3) is 0.600. The van der Waals surface area contributed by atoms with E-state index in [0.29, 0.717) is 15.1 Å². The van der Waals surface area contributed by atoms with Gasteiger partial charge in [0.1, 0.15) is 6.54 Å². The highest BCUT2D eigenvalue weighted by molar-refractivity contribution is 14.1. The van der Waals surface area contributed by atoms with Gasteiger partial charge in [-0.05, 0) is 43.7 Å². The largest absolute Gasteiger partial charge is 1.00 e. The highest BCUT2D eigenvalue weighted by atomic mass is 127. The first-order valence-electron chi connectivity index (χ1n) is 8.99. The van der Waals surface area contributed by atoms with E-state index in [-0.39, 0.29) is 16.5 Å². The third kappa shape index (κ3) is 7.94. The molecule has 0 aliphatic carbocycles. The minimum atomic E-state index is 0. The van der Waals surface area contributed by atoms with Crippen molar-refractivity contribution in [2.45, 2.75) is 63.0 Å². The summed E-state index contributed by atoms with van der Waals surface area (Å²) in [5, 5.41) is 1.83. The second kappa shape index (κ2) is 13.7. The molecule has 0 radical (unpaired) electrons. The van der Waals surface area contributed by atoms with Gasteiger partial charge in [0.25, 0.3) is 0 Å². The Morgan fingerprint density at radius 2 is 1.46 bits per heavy atom. The Bertz CT molecular complexity index is 553. The molecule has 0 fully saturated rings. The van der Waals surface area contributed by atoms with Gasteiger partial charge >= 0.3 is 0 Å². The summed E-state index contributed by atoms with van der Waals surface area (Å²) in [6.45, 7) is 7.29. The number of rotatable bonds is 11. The Hall–Kier alpha value is 0.630. The summed E-state index contributed by atoms with van der Waals surface area (Å²) >= 11 is 21.4. The van der Waals surface area contributed by atoms with Gasteiger partial charge in [0.05, 0.1) is 23.1 Å². The van der Waals surface area contributed by atoms with E-state index < -0.39 is 0 Å². The molecule has 0 amide bonds. The summed E-state index contributed by atoms with van der Waals surface area (Å²) in [4.78, 5) is 0. The summed E-state index contributed by atoms with van der Waals surface area (Å²) in [7, 11) is 0. The van der Waals surface area contributed by atoms with Crippen LogP contribution < -0.4 is 12.4 Å². The number of hydrogen-bond donors (Lipinski definition) is 0.